The molecule has 0 aliphatic rings. The van der Waals surface area contributed by atoms with Gasteiger partial charge in [0.15, 0.2) is 0 Å². The van der Waals surface area contributed by atoms with Crippen LogP contribution in [0.1, 0.15) is 13.3 Å². The van der Waals surface area contributed by atoms with Crippen molar-refractivity contribution >= 4 is 5.91 Å². The van der Waals surface area contributed by atoms with Crippen molar-refractivity contribution in [2.75, 3.05) is 20.3 Å². The molecule has 0 aromatic heterocycles. The van der Waals surface area contributed by atoms with Gasteiger partial charge in [-0.15, -0.1) is 0 Å². The fourth-order valence-corrected chi connectivity index (χ4v) is 0.799. The Labute approximate surface area is 78.3 Å². The van der Waals surface area contributed by atoms with E-state index in [1.165, 1.54) is 7.11 Å². The molecule has 0 radical (unpaired) electrons. The van der Waals surface area contributed by atoms with E-state index in [4.69, 9.17) is 10.5 Å². The van der Waals surface area contributed by atoms with Gasteiger partial charge in [0.1, 0.15) is 0 Å². The summed E-state index contributed by atoms with van der Waals surface area (Å²) in [5.41, 5.74) is 5.31. The third-order valence-corrected chi connectivity index (χ3v) is 1.55. The zero-order chi connectivity index (χ0) is 10.3. The van der Waals surface area contributed by atoms with Gasteiger partial charge >= 0.3 is 0 Å². The molecule has 0 fully saturated rings. The summed E-state index contributed by atoms with van der Waals surface area (Å²) in [5.74, 6) is -0.204. The lowest BCUT2D eigenvalue weighted by molar-refractivity contribution is -0.122. The number of nitrogens with one attached hydrogen (secondary N) is 1. The van der Waals surface area contributed by atoms with Gasteiger partial charge in [-0.2, -0.15) is 0 Å². The maximum Gasteiger partial charge on any atom is 0.236 e. The highest BCUT2D eigenvalue weighted by Gasteiger charge is 2.07. The Kier molecular flexibility index (Phi) is 6.48. The molecule has 13 heavy (non-hydrogen) atoms. The second-order valence-corrected chi connectivity index (χ2v) is 2.98. The molecular weight excluding hydrogens is 172 g/mol. The largest absolute Gasteiger partial charge is 0.391 e. The first-order valence-electron chi connectivity index (χ1n) is 4.28. The van der Waals surface area contributed by atoms with Crippen LogP contribution < -0.4 is 11.1 Å². The Morgan fingerprint density at radius 2 is 2.31 bits per heavy atom. The van der Waals surface area contributed by atoms with E-state index in [9.17, 15) is 9.90 Å². The minimum absolute atomic E-state index is 0.204. The molecule has 0 heterocycles. The lowest BCUT2D eigenvalue weighted by Crippen LogP contribution is -2.39. The van der Waals surface area contributed by atoms with E-state index < -0.39 is 12.1 Å². The molecule has 0 aromatic carbocycles. The fourth-order valence-electron chi connectivity index (χ4n) is 0.799. The highest BCUT2D eigenvalue weighted by Crippen LogP contribution is 1.90. The molecule has 0 bridgehead atoms. The minimum atomic E-state index is -0.529. The normalized spacial score (nSPS) is 15.1. The zero-order valence-corrected chi connectivity index (χ0v) is 8.12. The van der Waals surface area contributed by atoms with E-state index >= 15 is 0 Å². The molecule has 0 aromatic rings. The monoisotopic (exact) mass is 190 g/mol. The molecule has 5 nitrogen and oxygen atoms in total. The van der Waals surface area contributed by atoms with Gasteiger partial charge < -0.3 is 20.9 Å². The highest BCUT2D eigenvalue weighted by molar-refractivity contribution is 5.80. The van der Waals surface area contributed by atoms with Gasteiger partial charge in [-0.3, -0.25) is 4.79 Å². The SMILES string of the molecule is COCC(O)CCNC(=O)C(C)N. The van der Waals surface area contributed by atoms with Crippen molar-refractivity contribution in [3.63, 3.8) is 0 Å². The third kappa shape index (κ3) is 6.51. The van der Waals surface area contributed by atoms with Gasteiger partial charge in [0, 0.05) is 13.7 Å². The molecule has 2 atom stereocenters. The standard InChI is InChI=1S/C8H18N2O3/c1-6(9)8(12)10-4-3-7(11)5-13-2/h6-7,11H,3-5,9H2,1-2H3,(H,10,12). The molecule has 2 unspecified atom stereocenters. The van der Waals surface area contributed by atoms with Crippen LogP contribution >= 0.6 is 0 Å². The van der Waals surface area contributed by atoms with Crippen molar-refractivity contribution in [2.24, 2.45) is 5.73 Å². The number of methoxy groups -OCH3 is 1. The number of aliphatic hydroxyl groups is 1. The average molecular weight is 190 g/mol. The summed E-state index contributed by atoms with van der Waals surface area (Å²) < 4.78 is 4.72. The van der Waals surface area contributed by atoms with Crippen LogP contribution in [-0.2, 0) is 9.53 Å². The van der Waals surface area contributed by atoms with Gasteiger partial charge in [0.25, 0.3) is 0 Å². The lowest BCUT2D eigenvalue weighted by Gasteiger charge is -2.11. The topological polar surface area (TPSA) is 84.6 Å². The number of rotatable bonds is 6. The first-order chi connectivity index (χ1) is 6.07. The summed E-state index contributed by atoms with van der Waals surface area (Å²) in [5, 5.41) is 11.8. The molecule has 4 N–H and O–H groups in total. The zero-order valence-electron chi connectivity index (χ0n) is 8.12. The quantitative estimate of drug-likeness (QED) is 0.493. The van der Waals surface area contributed by atoms with Crippen LogP contribution in [0.25, 0.3) is 0 Å². The molecule has 0 rings (SSSR count). The smallest absolute Gasteiger partial charge is 0.236 e. The van der Waals surface area contributed by atoms with Crippen LogP contribution in [0.3, 0.4) is 0 Å². The molecule has 0 spiro atoms. The Hall–Kier alpha value is -0.650. The van der Waals surface area contributed by atoms with Crippen LogP contribution in [0.5, 0.6) is 0 Å². The summed E-state index contributed by atoms with van der Waals surface area (Å²) in [7, 11) is 1.52. The Balaban J connectivity index is 3.39. The van der Waals surface area contributed by atoms with Gasteiger partial charge in [0.05, 0.1) is 18.8 Å². The van der Waals surface area contributed by atoms with Crippen LogP contribution in [0.2, 0.25) is 0 Å². The predicted molar refractivity (Wildman–Crippen MR) is 49.2 cm³/mol. The number of carbonyl (C=O) groups excluding carboxylic acids is 1. The number of hydrogen-bond donors (Lipinski definition) is 3. The summed E-state index contributed by atoms with van der Waals surface area (Å²) in [6.07, 6.45) is -0.0508. The average Bonchev–Trinajstić information content (AvgIpc) is 2.04. The minimum Gasteiger partial charge on any atom is -0.391 e. The van der Waals surface area contributed by atoms with Crippen molar-refractivity contribution < 1.29 is 14.6 Å². The lowest BCUT2D eigenvalue weighted by atomic mass is 10.2. The molecule has 0 aliphatic carbocycles. The van der Waals surface area contributed by atoms with E-state index in [0.717, 1.165) is 0 Å². The van der Waals surface area contributed by atoms with Crippen LogP contribution in [0, 0.1) is 0 Å². The Morgan fingerprint density at radius 3 is 2.77 bits per heavy atom. The molecular formula is C8H18N2O3. The number of amides is 1. The molecule has 1 amide bonds. The van der Waals surface area contributed by atoms with Crippen LogP contribution in [-0.4, -0.2) is 43.4 Å². The number of nitrogens with two attached hydrogens (primary N) is 1. The second-order valence-electron chi connectivity index (χ2n) is 2.98. The maximum absolute atomic E-state index is 10.9. The van der Waals surface area contributed by atoms with Crippen LogP contribution in [0.15, 0.2) is 0 Å². The highest BCUT2D eigenvalue weighted by atomic mass is 16.5. The number of carbonyl (C=O) groups is 1. The first kappa shape index (κ1) is 12.3. The van der Waals surface area contributed by atoms with Crippen molar-refractivity contribution in [1.82, 2.24) is 5.32 Å². The van der Waals surface area contributed by atoms with Gasteiger partial charge in [-0.25, -0.2) is 0 Å². The Morgan fingerprint density at radius 1 is 1.69 bits per heavy atom. The van der Waals surface area contributed by atoms with Crippen molar-refractivity contribution in [2.45, 2.75) is 25.5 Å². The summed E-state index contributed by atoms with van der Waals surface area (Å²) in [6, 6.07) is -0.500. The molecule has 5 heteroatoms. The molecule has 0 saturated heterocycles. The van der Waals surface area contributed by atoms with E-state index in [1.807, 2.05) is 0 Å². The van der Waals surface area contributed by atoms with Gasteiger partial charge in [0.2, 0.25) is 5.91 Å². The number of ether oxygens (including phenoxy) is 1. The van der Waals surface area contributed by atoms with Crippen molar-refractivity contribution in [1.29, 1.82) is 0 Å². The second kappa shape index (κ2) is 6.82. The molecule has 0 saturated carbocycles. The number of hydrogen-bond acceptors (Lipinski definition) is 4. The van der Waals surface area contributed by atoms with E-state index in [2.05, 4.69) is 5.32 Å². The van der Waals surface area contributed by atoms with E-state index in [0.29, 0.717) is 13.0 Å². The summed E-state index contributed by atoms with van der Waals surface area (Å²) in [6.45, 7) is 2.32. The van der Waals surface area contributed by atoms with Crippen molar-refractivity contribution in [3.05, 3.63) is 0 Å². The predicted octanol–water partition coefficient (Wildman–Crippen LogP) is -1.15. The summed E-state index contributed by atoms with van der Waals surface area (Å²) in [4.78, 5) is 10.9. The third-order valence-electron chi connectivity index (χ3n) is 1.55. The fraction of sp³-hybridized carbons (Fsp3) is 0.875. The maximum atomic E-state index is 10.9. The van der Waals surface area contributed by atoms with Gasteiger partial charge in [-0.1, -0.05) is 0 Å². The first-order valence-corrected chi connectivity index (χ1v) is 4.28. The van der Waals surface area contributed by atoms with Crippen molar-refractivity contribution in [3.8, 4) is 0 Å². The number of aliphatic hydroxyl groups excluding tert-OH is 1. The molecule has 0 aliphatic heterocycles. The van der Waals surface area contributed by atoms with Crippen LogP contribution in [0.4, 0.5) is 0 Å². The summed E-state index contributed by atoms with van der Waals surface area (Å²) >= 11 is 0. The van der Waals surface area contributed by atoms with E-state index in [1.54, 1.807) is 6.92 Å². The van der Waals surface area contributed by atoms with E-state index in [-0.39, 0.29) is 12.5 Å². The van der Waals surface area contributed by atoms with Gasteiger partial charge in [-0.05, 0) is 13.3 Å². The Bertz CT molecular complexity index is 150. The molecule has 78 valence electrons.